The number of aromatic nitrogens is 1. The number of H-pyrrole nitrogens is 1. The molecular formula is C20H24N2O3. The van der Waals surface area contributed by atoms with Crippen molar-refractivity contribution in [1.29, 1.82) is 0 Å². The summed E-state index contributed by atoms with van der Waals surface area (Å²) in [7, 11) is 0. The molecule has 25 heavy (non-hydrogen) atoms. The second kappa shape index (κ2) is 7.23. The number of hydrogen-bond donors (Lipinski definition) is 2. The molecule has 2 unspecified atom stereocenters. The minimum absolute atomic E-state index is 0.117. The molecule has 0 saturated carbocycles. The first kappa shape index (κ1) is 17.4. The summed E-state index contributed by atoms with van der Waals surface area (Å²) in [5.74, 6) is 0.308. The van der Waals surface area contributed by atoms with Crippen LogP contribution < -0.4 is 10.9 Å². The molecule has 1 aromatic heterocycles. The molecule has 0 spiro atoms. The predicted octanol–water partition coefficient (Wildman–Crippen LogP) is 3.02. The first-order valence-corrected chi connectivity index (χ1v) is 8.65. The summed E-state index contributed by atoms with van der Waals surface area (Å²) in [6.07, 6.45) is 1.18. The Morgan fingerprint density at radius 2 is 2.00 bits per heavy atom. The quantitative estimate of drug-likeness (QED) is 0.899. The van der Waals surface area contributed by atoms with Crippen molar-refractivity contribution in [3.8, 4) is 0 Å². The van der Waals surface area contributed by atoms with Crippen LogP contribution in [0.25, 0.3) is 0 Å². The fraction of sp³-hybridized carbons (Fsp3) is 0.400. The molecular weight excluding hydrogens is 316 g/mol. The van der Waals surface area contributed by atoms with Crippen molar-refractivity contribution in [3.63, 3.8) is 0 Å². The summed E-state index contributed by atoms with van der Waals surface area (Å²) in [5, 5.41) is 2.82. The van der Waals surface area contributed by atoms with E-state index in [2.05, 4.69) is 17.2 Å². The number of amides is 1. The van der Waals surface area contributed by atoms with E-state index < -0.39 is 0 Å². The van der Waals surface area contributed by atoms with Gasteiger partial charge in [0.15, 0.2) is 0 Å². The molecule has 2 heterocycles. The molecule has 2 aromatic rings. The molecule has 1 aliphatic heterocycles. The van der Waals surface area contributed by atoms with E-state index in [9.17, 15) is 9.59 Å². The van der Waals surface area contributed by atoms with Gasteiger partial charge in [-0.2, -0.15) is 0 Å². The Morgan fingerprint density at radius 3 is 2.60 bits per heavy atom. The number of pyridine rings is 1. The smallest absolute Gasteiger partial charge is 0.253 e. The van der Waals surface area contributed by atoms with Gasteiger partial charge in [0.05, 0.1) is 6.10 Å². The standard InChI is InChI=1S/C20H24N2O3/c1-12-8-9-25-18(12)15-4-6-16(7-5-15)19(23)21-11-17-13(2)10-14(3)22-20(17)24/h4-7,10,12,18H,8-9,11H2,1-3H3,(H,21,23)(H,22,24). The van der Waals surface area contributed by atoms with E-state index >= 15 is 0 Å². The van der Waals surface area contributed by atoms with Crippen molar-refractivity contribution in [3.05, 3.63) is 68.6 Å². The van der Waals surface area contributed by atoms with Gasteiger partial charge in [0.1, 0.15) is 0 Å². The number of aryl methyl sites for hydroxylation is 2. The maximum Gasteiger partial charge on any atom is 0.253 e. The molecule has 0 bridgehead atoms. The Labute approximate surface area is 147 Å². The van der Waals surface area contributed by atoms with Gasteiger partial charge in [0.2, 0.25) is 0 Å². The Hall–Kier alpha value is -2.40. The number of aromatic amines is 1. The van der Waals surface area contributed by atoms with Gasteiger partial charge in [-0.25, -0.2) is 0 Å². The van der Waals surface area contributed by atoms with Crippen LogP contribution in [0, 0.1) is 19.8 Å². The number of nitrogens with one attached hydrogen (secondary N) is 2. The molecule has 1 aliphatic rings. The third kappa shape index (κ3) is 3.82. The zero-order valence-corrected chi connectivity index (χ0v) is 14.9. The lowest BCUT2D eigenvalue weighted by Crippen LogP contribution is -2.27. The second-order valence-corrected chi connectivity index (χ2v) is 6.81. The first-order chi connectivity index (χ1) is 12.0. The summed E-state index contributed by atoms with van der Waals surface area (Å²) in [6, 6.07) is 9.42. The molecule has 1 aromatic carbocycles. The van der Waals surface area contributed by atoms with Crippen molar-refractivity contribution in [1.82, 2.24) is 10.3 Å². The number of benzene rings is 1. The van der Waals surface area contributed by atoms with Gasteiger partial charge in [-0.3, -0.25) is 9.59 Å². The van der Waals surface area contributed by atoms with E-state index in [4.69, 9.17) is 4.74 Å². The fourth-order valence-corrected chi connectivity index (χ4v) is 3.32. The maximum absolute atomic E-state index is 12.3. The van der Waals surface area contributed by atoms with Crippen LogP contribution in [0.5, 0.6) is 0 Å². The SMILES string of the molecule is Cc1cc(C)c(CNC(=O)c2ccc(C3OCCC3C)cc2)c(=O)[nH]1. The second-order valence-electron chi connectivity index (χ2n) is 6.81. The molecule has 2 N–H and O–H groups in total. The van der Waals surface area contributed by atoms with Crippen LogP contribution in [0.3, 0.4) is 0 Å². The van der Waals surface area contributed by atoms with Crippen molar-refractivity contribution >= 4 is 5.91 Å². The molecule has 0 radical (unpaired) electrons. The van der Waals surface area contributed by atoms with Crippen LogP contribution >= 0.6 is 0 Å². The summed E-state index contributed by atoms with van der Waals surface area (Å²) >= 11 is 0. The average molecular weight is 340 g/mol. The Kier molecular flexibility index (Phi) is 5.04. The summed E-state index contributed by atoms with van der Waals surface area (Å²) in [6.45, 7) is 6.90. The topological polar surface area (TPSA) is 71.2 Å². The highest BCUT2D eigenvalue weighted by Gasteiger charge is 2.25. The van der Waals surface area contributed by atoms with Crippen LogP contribution in [0.2, 0.25) is 0 Å². The average Bonchev–Trinajstić information content (AvgIpc) is 3.00. The van der Waals surface area contributed by atoms with Gasteiger partial charge >= 0.3 is 0 Å². The van der Waals surface area contributed by atoms with Crippen LogP contribution in [-0.4, -0.2) is 17.5 Å². The van der Waals surface area contributed by atoms with E-state index in [1.165, 1.54) is 0 Å². The number of carbonyl (C=O) groups is 1. The zero-order chi connectivity index (χ0) is 18.0. The summed E-state index contributed by atoms with van der Waals surface area (Å²) < 4.78 is 5.75. The summed E-state index contributed by atoms with van der Waals surface area (Å²) in [5.41, 5.74) is 3.81. The monoisotopic (exact) mass is 340 g/mol. The molecule has 2 atom stereocenters. The number of rotatable bonds is 4. The van der Waals surface area contributed by atoms with Gasteiger partial charge in [-0.05, 0) is 55.5 Å². The molecule has 1 fully saturated rings. The van der Waals surface area contributed by atoms with Gasteiger partial charge < -0.3 is 15.0 Å². The van der Waals surface area contributed by atoms with Crippen LogP contribution in [0.1, 0.15) is 52.2 Å². The van der Waals surface area contributed by atoms with Gasteiger partial charge in [-0.1, -0.05) is 19.1 Å². The Balaban J connectivity index is 1.67. The highest BCUT2D eigenvalue weighted by molar-refractivity contribution is 5.94. The molecule has 3 rings (SSSR count). The van der Waals surface area contributed by atoms with E-state index in [0.717, 1.165) is 29.8 Å². The summed E-state index contributed by atoms with van der Waals surface area (Å²) in [4.78, 5) is 27.1. The van der Waals surface area contributed by atoms with E-state index in [-0.39, 0.29) is 24.1 Å². The number of hydrogen-bond acceptors (Lipinski definition) is 3. The molecule has 1 saturated heterocycles. The lowest BCUT2D eigenvalue weighted by Gasteiger charge is -2.15. The molecule has 132 valence electrons. The third-order valence-electron chi connectivity index (χ3n) is 4.81. The Bertz CT molecular complexity index is 824. The van der Waals surface area contributed by atoms with Crippen molar-refractivity contribution in [2.24, 2.45) is 5.92 Å². The number of ether oxygens (including phenoxy) is 1. The highest BCUT2D eigenvalue weighted by Crippen LogP contribution is 2.33. The largest absolute Gasteiger partial charge is 0.373 e. The first-order valence-electron chi connectivity index (χ1n) is 8.65. The maximum atomic E-state index is 12.3. The highest BCUT2D eigenvalue weighted by atomic mass is 16.5. The van der Waals surface area contributed by atoms with Gasteiger partial charge in [-0.15, -0.1) is 0 Å². The van der Waals surface area contributed by atoms with Gasteiger partial charge in [0, 0.05) is 30.0 Å². The lowest BCUT2D eigenvalue weighted by molar-refractivity contribution is 0.0935. The molecule has 1 amide bonds. The van der Waals surface area contributed by atoms with Gasteiger partial charge in [0.25, 0.3) is 11.5 Å². The number of carbonyl (C=O) groups excluding carboxylic acids is 1. The zero-order valence-electron chi connectivity index (χ0n) is 14.9. The minimum atomic E-state index is -0.189. The van der Waals surface area contributed by atoms with Crippen molar-refractivity contribution < 1.29 is 9.53 Å². The minimum Gasteiger partial charge on any atom is -0.373 e. The third-order valence-corrected chi connectivity index (χ3v) is 4.81. The van der Waals surface area contributed by atoms with E-state index in [0.29, 0.717) is 17.0 Å². The normalized spacial score (nSPS) is 19.8. The Morgan fingerprint density at radius 1 is 1.28 bits per heavy atom. The van der Waals surface area contributed by atoms with E-state index in [1.807, 2.05) is 44.2 Å². The van der Waals surface area contributed by atoms with Crippen LogP contribution in [-0.2, 0) is 11.3 Å². The molecule has 5 heteroatoms. The van der Waals surface area contributed by atoms with E-state index in [1.54, 1.807) is 0 Å². The fourth-order valence-electron chi connectivity index (χ4n) is 3.32. The van der Waals surface area contributed by atoms with Crippen LogP contribution in [0.4, 0.5) is 0 Å². The van der Waals surface area contributed by atoms with Crippen molar-refractivity contribution in [2.45, 2.75) is 39.8 Å². The van der Waals surface area contributed by atoms with Crippen molar-refractivity contribution in [2.75, 3.05) is 6.61 Å². The molecule has 5 nitrogen and oxygen atoms in total. The lowest BCUT2D eigenvalue weighted by atomic mass is 9.96. The van der Waals surface area contributed by atoms with Crippen LogP contribution in [0.15, 0.2) is 35.1 Å². The predicted molar refractivity (Wildman–Crippen MR) is 96.6 cm³/mol. The molecule has 0 aliphatic carbocycles.